The minimum absolute atomic E-state index is 0.0431. The molecule has 0 heterocycles. The number of esters is 1. The molecule has 0 saturated heterocycles. The number of nitro benzene ring substituents is 1. The SMILES string of the molecule is CCOCCOC(=O)/C(C#N)=C(/CC)Nc1ccc([N+](=O)[O-])cc1. The van der Waals surface area contributed by atoms with E-state index in [1.54, 1.807) is 6.92 Å². The van der Waals surface area contributed by atoms with Crippen molar-refractivity contribution in [3.05, 3.63) is 45.6 Å². The van der Waals surface area contributed by atoms with E-state index in [1.165, 1.54) is 24.3 Å². The summed E-state index contributed by atoms with van der Waals surface area (Å²) in [6.07, 6.45) is 0.389. The number of hydrogen-bond donors (Lipinski definition) is 1. The minimum Gasteiger partial charge on any atom is -0.459 e. The van der Waals surface area contributed by atoms with Gasteiger partial charge in [-0.25, -0.2) is 4.79 Å². The van der Waals surface area contributed by atoms with Crippen molar-refractivity contribution in [2.24, 2.45) is 0 Å². The molecular formula is C16H19N3O5. The molecule has 1 N–H and O–H groups in total. The van der Waals surface area contributed by atoms with Crippen LogP contribution in [0.4, 0.5) is 11.4 Å². The molecule has 0 fully saturated rings. The Labute approximate surface area is 139 Å². The molecule has 0 aliphatic rings. The number of ether oxygens (including phenoxy) is 2. The van der Waals surface area contributed by atoms with E-state index in [9.17, 15) is 20.2 Å². The lowest BCUT2D eigenvalue weighted by atomic mass is 10.1. The molecule has 0 bridgehead atoms. The summed E-state index contributed by atoms with van der Waals surface area (Å²) < 4.78 is 10.1. The first kappa shape index (κ1) is 19.1. The molecule has 0 aliphatic heterocycles. The molecule has 1 aromatic carbocycles. The molecule has 0 atom stereocenters. The lowest BCUT2D eigenvalue weighted by Gasteiger charge is -2.11. The third kappa shape index (κ3) is 5.70. The van der Waals surface area contributed by atoms with Gasteiger partial charge in [-0.1, -0.05) is 6.92 Å². The maximum absolute atomic E-state index is 12.0. The van der Waals surface area contributed by atoms with Crippen LogP contribution in [0.2, 0.25) is 0 Å². The Hall–Kier alpha value is -2.92. The van der Waals surface area contributed by atoms with Crippen LogP contribution in [0.15, 0.2) is 35.5 Å². The number of carbonyl (C=O) groups is 1. The summed E-state index contributed by atoms with van der Waals surface area (Å²) in [7, 11) is 0. The van der Waals surface area contributed by atoms with Crippen LogP contribution in [-0.2, 0) is 14.3 Å². The highest BCUT2D eigenvalue weighted by Gasteiger charge is 2.16. The van der Waals surface area contributed by atoms with Gasteiger partial charge in [0.25, 0.3) is 5.69 Å². The van der Waals surface area contributed by atoms with Crippen molar-refractivity contribution in [2.75, 3.05) is 25.1 Å². The largest absolute Gasteiger partial charge is 0.459 e. The van der Waals surface area contributed by atoms with Gasteiger partial charge in [-0.15, -0.1) is 0 Å². The minimum atomic E-state index is -0.733. The van der Waals surface area contributed by atoms with Gasteiger partial charge in [0.1, 0.15) is 12.7 Å². The Morgan fingerprint density at radius 1 is 1.29 bits per heavy atom. The molecule has 0 aromatic heterocycles. The fourth-order valence-corrected chi connectivity index (χ4v) is 1.81. The predicted octanol–water partition coefficient (Wildman–Crippen LogP) is 2.77. The summed E-state index contributed by atoms with van der Waals surface area (Å²) in [4.78, 5) is 22.1. The van der Waals surface area contributed by atoms with E-state index in [2.05, 4.69) is 5.32 Å². The predicted molar refractivity (Wildman–Crippen MR) is 87.1 cm³/mol. The molecule has 0 spiro atoms. The molecule has 8 nitrogen and oxygen atoms in total. The van der Waals surface area contributed by atoms with Crippen LogP contribution in [0.3, 0.4) is 0 Å². The van der Waals surface area contributed by atoms with Gasteiger partial charge in [-0.05, 0) is 25.5 Å². The maximum Gasteiger partial charge on any atom is 0.350 e. The standard InChI is InChI=1S/C16H19N3O5/c1-3-15(14(11-17)16(20)24-10-9-23-4-2)18-12-5-7-13(8-6-12)19(21)22/h5-8,18H,3-4,9-10H2,1-2H3/b15-14-. The highest BCUT2D eigenvalue weighted by atomic mass is 16.6. The van der Waals surface area contributed by atoms with Crippen molar-refractivity contribution in [3.63, 3.8) is 0 Å². The number of nitrogens with zero attached hydrogens (tertiary/aromatic N) is 2. The zero-order chi connectivity index (χ0) is 17.9. The summed E-state index contributed by atoms with van der Waals surface area (Å²) in [6, 6.07) is 7.51. The monoisotopic (exact) mass is 333 g/mol. The molecule has 0 unspecified atom stereocenters. The number of hydrogen-bond acceptors (Lipinski definition) is 7. The second-order valence-corrected chi connectivity index (χ2v) is 4.58. The second-order valence-electron chi connectivity index (χ2n) is 4.58. The Bertz CT molecular complexity index is 647. The number of allylic oxidation sites excluding steroid dienone is 1. The van der Waals surface area contributed by atoms with Crippen molar-refractivity contribution in [1.82, 2.24) is 0 Å². The fraction of sp³-hybridized carbons (Fsp3) is 0.375. The molecule has 0 aliphatic carbocycles. The number of non-ortho nitro benzene ring substituents is 1. The summed E-state index contributed by atoms with van der Waals surface area (Å²) in [5, 5.41) is 22.8. The number of carbonyl (C=O) groups excluding carboxylic acids is 1. The normalized spacial score (nSPS) is 11.2. The lowest BCUT2D eigenvalue weighted by Crippen LogP contribution is -2.15. The summed E-state index contributed by atoms with van der Waals surface area (Å²) in [6.45, 7) is 4.44. The number of rotatable bonds is 9. The number of benzene rings is 1. The highest BCUT2D eigenvalue weighted by molar-refractivity contribution is 5.94. The van der Waals surface area contributed by atoms with E-state index in [1.807, 2.05) is 13.0 Å². The van der Waals surface area contributed by atoms with E-state index in [4.69, 9.17) is 9.47 Å². The third-order valence-corrected chi connectivity index (χ3v) is 3.01. The van der Waals surface area contributed by atoms with Crippen molar-refractivity contribution in [1.29, 1.82) is 5.26 Å². The summed E-state index contributed by atoms with van der Waals surface area (Å²) >= 11 is 0. The molecule has 0 amide bonds. The summed E-state index contributed by atoms with van der Waals surface area (Å²) in [5.74, 6) is -0.733. The van der Waals surface area contributed by atoms with Gasteiger partial charge in [-0.2, -0.15) is 5.26 Å². The Morgan fingerprint density at radius 3 is 2.46 bits per heavy atom. The number of anilines is 1. The van der Waals surface area contributed by atoms with Gasteiger partial charge in [0.05, 0.1) is 11.5 Å². The molecular weight excluding hydrogens is 314 g/mol. The topological polar surface area (TPSA) is 114 Å². The lowest BCUT2D eigenvalue weighted by molar-refractivity contribution is -0.384. The van der Waals surface area contributed by atoms with Crippen LogP contribution in [-0.4, -0.2) is 30.7 Å². The number of nitriles is 1. The Kier molecular flexibility index (Phi) is 7.94. The van der Waals surface area contributed by atoms with Gasteiger partial charge < -0.3 is 14.8 Å². The summed E-state index contributed by atoms with van der Waals surface area (Å²) in [5.41, 5.74) is 0.742. The van der Waals surface area contributed by atoms with Gasteiger partial charge in [-0.3, -0.25) is 10.1 Å². The molecule has 128 valence electrons. The molecule has 24 heavy (non-hydrogen) atoms. The average Bonchev–Trinajstić information content (AvgIpc) is 2.58. The van der Waals surface area contributed by atoms with E-state index in [-0.39, 0.29) is 24.5 Å². The Morgan fingerprint density at radius 2 is 1.96 bits per heavy atom. The van der Waals surface area contributed by atoms with E-state index < -0.39 is 10.9 Å². The zero-order valence-electron chi connectivity index (χ0n) is 13.6. The van der Waals surface area contributed by atoms with E-state index >= 15 is 0 Å². The zero-order valence-corrected chi connectivity index (χ0v) is 13.6. The van der Waals surface area contributed by atoms with Crippen LogP contribution >= 0.6 is 0 Å². The maximum atomic E-state index is 12.0. The highest BCUT2D eigenvalue weighted by Crippen LogP contribution is 2.19. The van der Waals surface area contributed by atoms with Crippen molar-refractivity contribution in [2.45, 2.75) is 20.3 Å². The molecule has 1 rings (SSSR count). The fourth-order valence-electron chi connectivity index (χ4n) is 1.81. The quantitative estimate of drug-likeness (QED) is 0.184. The van der Waals surface area contributed by atoms with Crippen molar-refractivity contribution >= 4 is 17.3 Å². The van der Waals surface area contributed by atoms with Crippen molar-refractivity contribution < 1.29 is 19.2 Å². The smallest absolute Gasteiger partial charge is 0.350 e. The second kappa shape index (κ2) is 9.97. The first-order valence-corrected chi connectivity index (χ1v) is 7.43. The van der Waals surface area contributed by atoms with E-state index in [0.717, 1.165) is 0 Å². The van der Waals surface area contributed by atoms with Crippen molar-refractivity contribution in [3.8, 4) is 6.07 Å². The molecule has 0 radical (unpaired) electrons. The third-order valence-electron chi connectivity index (χ3n) is 3.01. The molecule has 1 aromatic rings. The van der Waals surface area contributed by atoms with Gasteiger partial charge in [0.2, 0.25) is 0 Å². The molecule has 8 heteroatoms. The average molecular weight is 333 g/mol. The van der Waals surface area contributed by atoms with Crippen LogP contribution in [0.5, 0.6) is 0 Å². The van der Waals surface area contributed by atoms with Gasteiger partial charge in [0, 0.05) is 30.1 Å². The first-order valence-electron chi connectivity index (χ1n) is 7.43. The van der Waals surface area contributed by atoms with E-state index in [0.29, 0.717) is 24.4 Å². The first-order chi connectivity index (χ1) is 11.5. The van der Waals surface area contributed by atoms with Crippen LogP contribution < -0.4 is 5.32 Å². The van der Waals surface area contributed by atoms with Crippen LogP contribution in [0.1, 0.15) is 20.3 Å². The number of nitrogens with one attached hydrogen (secondary N) is 1. The van der Waals surface area contributed by atoms with Gasteiger partial charge >= 0.3 is 5.97 Å². The number of nitro groups is 1. The van der Waals surface area contributed by atoms with Gasteiger partial charge in [0.15, 0.2) is 5.57 Å². The Balaban J connectivity index is 2.85. The van der Waals surface area contributed by atoms with Crippen LogP contribution in [0.25, 0.3) is 0 Å². The van der Waals surface area contributed by atoms with Crippen LogP contribution in [0, 0.1) is 21.4 Å². The molecule has 0 saturated carbocycles.